The van der Waals surface area contributed by atoms with Gasteiger partial charge in [0, 0.05) is 17.5 Å². The Morgan fingerprint density at radius 1 is 1.20 bits per heavy atom. The molecule has 0 unspecified atom stereocenters. The number of aliphatic carboxylic acids is 1. The number of nitrogens with one attached hydrogen (secondary N) is 1. The van der Waals surface area contributed by atoms with Crippen molar-refractivity contribution in [2.75, 3.05) is 5.32 Å². The normalized spacial score (nSPS) is 26.9. The molecular formula is C17H15NO2. The quantitative estimate of drug-likeness (QED) is 0.777. The van der Waals surface area contributed by atoms with Crippen molar-refractivity contribution in [1.82, 2.24) is 0 Å². The van der Waals surface area contributed by atoms with E-state index >= 15 is 0 Å². The summed E-state index contributed by atoms with van der Waals surface area (Å²) in [5.41, 5.74) is 2.21. The number of benzene rings is 2. The Morgan fingerprint density at radius 3 is 2.90 bits per heavy atom. The molecule has 3 heteroatoms. The van der Waals surface area contributed by atoms with Gasteiger partial charge in [0.05, 0.1) is 0 Å². The van der Waals surface area contributed by atoms with E-state index in [1.165, 1.54) is 16.3 Å². The lowest BCUT2D eigenvalue weighted by Gasteiger charge is -2.35. The largest absolute Gasteiger partial charge is 0.480 e. The monoisotopic (exact) mass is 265 g/mol. The predicted molar refractivity (Wildman–Crippen MR) is 79.0 cm³/mol. The van der Waals surface area contributed by atoms with Crippen LogP contribution in [0.5, 0.6) is 0 Å². The zero-order valence-corrected chi connectivity index (χ0v) is 10.9. The van der Waals surface area contributed by atoms with Crippen LogP contribution < -0.4 is 5.32 Å². The minimum Gasteiger partial charge on any atom is -0.480 e. The van der Waals surface area contributed by atoms with Crippen LogP contribution in [0.2, 0.25) is 0 Å². The van der Waals surface area contributed by atoms with E-state index in [4.69, 9.17) is 0 Å². The summed E-state index contributed by atoms with van der Waals surface area (Å²) in [5, 5.41) is 15.1. The van der Waals surface area contributed by atoms with E-state index in [-0.39, 0.29) is 11.8 Å². The van der Waals surface area contributed by atoms with Crippen molar-refractivity contribution in [3.05, 3.63) is 54.1 Å². The van der Waals surface area contributed by atoms with Gasteiger partial charge in [-0.25, -0.2) is 4.79 Å². The Kier molecular flexibility index (Phi) is 2.36. The van der Waals surface area contributed by atoms with Gasteiger partial charge in [-0.3, -0.25) is 0 Å². The van der Waals surface area contributed by atoms with Crippen molar-refractivity contribution in [3.63, 3.8) is 0 Å². The molecule has 0 amide bonds. The van der Waals surface area contributed by atoms with Crippen molar-refractivity contribution >= 4 is 22.4 Å². The van der Waals surface area contributed by atoms with Crippen LogP contribution in [-0.2, 0) is 4.79 Å². The first-order valence-corrected chi connectivity index (χ1v) is 6.93. The second-order valence-electron chi connectivity index (χ2n) is 5.56. The molecule has 0 aromatic heterocycles. The summed E-state index contributed by atoms with van der Waals surface area (Å²) in [4.78, 5) is 11.5. The number of fused-ring (bicyclic) bond motifs is 5. The Balaban J connectivity index is 1.97. The first-order valence-electron chi connectivity index (χ1n) is 6.93. The summed E-state index contributed by atoms with van der Waals surface area (Å²) in [6.45, 7) is 0. The first-order chi connectivity index (χ1) is 9.75. The van der Waals surface area contributed by atoms with Crippen molar-refractivity contribution < 1.29 is 9.90 Å². The third kappa shape index (κ3) is 1.49. The van der Waals surface area contributed by atoms with Gasteiger partial charge in [-0.15, -0.1) is 0 Å². The van der Waals surface area contributed by atoms with Gasteiger partial charge in [0.15, 0.2) is 0 Å². The fraction of sp³-hybridized carbons (Fsp3) is 0.235. The summed E-state index contributed by atoms with van der Waals surface area (Å²) < 4.78 is 0. The number of anilines is 1. The molecule has 0 radical (unpaired) electrons. The van der Waals surface area contributed by atoms with E-state index in [2.05, 4.69) is 35.7 Å². The fourth-order valence-corrected chi connectivity index (χ4v) is 3.63. The number of rotatable bonds is 1. The minimum atomic E-state index is -0.762. The third-order valence-electron chi connectivity index (χ3n) is 4.52. The number of carboxylic acid groups (broad SMARTS) is 1. The van der Waals surface area contributed by atoms with E-state index in [0.29, 0.717) is 0 Å². The van der Waals surface area contributed by atoms with Gasteiger partial charge in [0.2, 0.25) is 0 Å². The second-order valence-corrected chi connectivity index (χ2v) is 5.56. The smallest absolute Gasteiger partial charge is 0.326 e. The summed E-state index contributed by atoms with van der Waals surface area (Å²) >= 11 is 0. The van der Waals surface area contributed by atoms with Crippen molar-refractivity contribution in [1.29, 1.82) is 0 Å². The van der Waals surface area contributed by atoms with Gasteiger partial charge >= 0.3 is 5.97 Å². The Morgan fingerprint density at radius 2 is 2.05 bits per heavy atom. The van der Waals surface area contributed by atoms with Crippen LogP contribution in [0.3, 0.4) is 0 Å². The molecule has 0 fully saturated rings. The molecule has 0 bridgehead atoms. The van der Waals surface area contributed by atoms with Crippen LogP contribution in [0.4, 0.5) is 5.69 Å². The number of hydrogen-bond donors (Lipinski definition) is 2. The molecule has 2 aromatic rings. The van der Waals surface area contributed by atoms with Gasteiger partial charge in [0.1, 0.15) is 6.04 Å². The van der Waals surface area contributed by atoms with E-state index in [1.54, 1.807) is 0 Å². The van der Waals surface area contributed by atoms with Gasteiger partial charge in [-0.1, -0.05) is 42.5 Å². The lowest BCUT2D eigenvalue weighted by atomic mass is 9.77. The van der Waals surface area contributed by atoms with E-state index in [9.17, 15) is 9.90 Å². The van der Waals surface area contributed by atoms with Crippen LogP contribution in [0.1, 0.15) is 17.9 Å². The molecule has 20 heavy (non-hydrogen) atoms. The summed E-state index contributed by atoms with van der Waals surface area (Å²) in [5.74, 6) is -0.438. The average molecular weight is 265 g/mol. The molecule has 3 atom stereocenters. The SMILES string of the molecule is O=C(O)[C@H]1Nc2ccc3ccccc3c2[C@H]2C=CC[C@@H]12. The molecule has 2 N–H and O–H groups in total. The van der Waals surface area contributed by atoms with Gasteiger partial charge < -0.3 is 10.4 Å². The van der Waals surface area contributed by atoms with Gasteiger partial charge in [-0.2, -0.15) is 0 Å². The molecule has 2 aromatic carbocycles. The predicted octanol–water partition coefficient (Wildman–Crippen LogP) is 3.38. The van der Waals surface area contributed by atoms with E-state index in [0.717, 1.165) is 12.1 Å². The van der Waals surface area contributed by atoms with Crippen molar-refractivity contribution in [2.24, 2.45) is 5.92 Å². The maximum Gasteiger partial charge on any atom is 0.326 e. The highest BCUT2D eigenvalue weighted by Gasteiger charge is 2.41. The molecule has 2 aliphatic rings. The molecular weight excluding hydrogens is 250 g/mol. The zero-order chi connectivity index (χ0) is 13.7. The van der Waals surface area contributed by atoms with Gasteiger partial charge in [-0.05, 0) is 28.8 Å². The van der Waals surface area contributed by atoms with Crippen LogP contribution >= 0.6 is 0 Å². The lowest BCUT2D eigenvalue weighted by Crippen LogP contribution is -2.41. The standard InChI is InChI=1S/C17H15NO2/c19-17(20)16-13-7-3-6-12(13)15-11-5-2-1-4-10(11)8-9-14(15)18-16/h1-6,8-9,12-13,16,18H,7H2,(H,19,20)/t12-,13+,16-/m0/s1. The molecule has 4 rings (SSSR count). The van der Waals surface area contributed by atoms with E-state index < -0.39 is 12.0 Å². The summed E-state index contributed by atoms with van der Waals surface area (Å²) in [7, 11) is 0. The summed E-state index contributed by atoms with van der Waals surface area (Å²) in [6.07, 6.45) is 5.12. The molecule has 0 saturated heterocycles. The highest BCUT2D eigenvalue weighted by Crippen LogP contribution is 2.47. The first kappa shape index (κ1) is 11.5. The summed E-state index contributed by atoms with van der Waals surface area (Å²) in [6, 6.07) is 11.9. The van der Waals surface area contributed by atoms with Crippen LogP contribution in [0.15, 0.2) is 48.6 Å². The maximum atomic E-state index is 11.5. The Bertz CT molecular complexity index is 735. The molecule has 1 aliphatic carbocycles. The number of hydrogen-bond acceptors (Lipinski definition) is 2. The number of allylic oxidation sites excluding steroid dienone is 2. The average Bonchev–Trinajstić information content (AvgIpc) is 2.94. The Labute approximate surface area is 116 Å². The lowest BCUT2D eigenvalue weighted by molar-refractivity contribution is -0.139. The van der Waals surface area contributed by atoms with Crippen LogP contribution in [0, 0.1) is 5.92 Å². The molecule has 1 aliphatic heterocycles. The Hall–Kier alpha value is -2.29. The molecule has 3 nitrogen and oxygen atoms in total. The fourth-order valence-electron chi connectivity index (χ4n) is 3.63. The highest BCUT2D eigenvalue weighted by atomic mass is 16.4. The molecule has 100 valence electrons. The maximum absolute atomic E-state index is 11.5. The van der Waals surface area contributed by atoms with Crippen molar-refractivity contribution in [2.45, 2.75) is 18.4 Å². The third-order valence-corrected chi connectivity index (χ3v) is 4.52. The topological polar surface area (TPSA) is 49.3 Å². The number of carbonyl (C=O) groups is 1. The molecule has 1 heterocycles. The number of carboxylic acids is 1. The highest BCUT2D eigenvalue weighted by molar-refractivity contribution is 5.93. The van der Waals surface area contributed by atoms with Crippen molar-refractivity contribution in [3.8, 4) is 0 Å². The van der Waals surface area contributed by atoms with Gasteiger partial charge in [0.25, 0.3) is 0 Å². The van der Waals surface area contributed by atoms with Crippen LogP contribution in [-0.4, -0.2) is 17.1 Å². The van der Waals surface area contributed by atoms with E-state index in [1.807, 2.05) is 18.2 Å². The second kappa shape index (κ2) is 4.10. The minimum absolute atomic E-state index is 0.116. The zero-order valence-electron chi connectivity index (χ0n) is 10.9. The molecule has 0 saturated carbocycles. The van der Waals surface area contributed by atoms with Crippen LogP contribution in [0.25, 0.3) is 10.8 Å². The molecule has 0 spiro atoms.